The molecule has 0 fully saturated rings. The van der Waals surface area contributed by atoms with E-state index in [1.54, 1.807) is 0 Å². The highest BCUT2D eigenvalue weighted by Gasteiger charge is 2.09. The van der Waals surface area contributed by atoms with Gasteiger partial charge in [0.15, 0.2) is 0 Å². The van der Waals surface area contributed by atoms with E-state index in [0.717, 1.165) is 12.1 Å². The Hall–Kier alpha value is -1.83. The Morgan fingerprint density at radius 2 is 1.79 bits per heavy atom. The highest BCUT2D eigenvalue weighted by atomic mass is 32.2. The standard InChI is InChI=1S/C6H4FNO2.HNO2S/c7-5-3-1-2-4-6(5)8(9)10;1-4(2)3/h1-4H;1H. The van der Waals surface area contributed by atoms with Crippen LogP contribution in [0.4, 0.5) is 10.1 Å². The quantitative estimate of drug-likeness (QED) is 0.570. The summed E-state index contributed by atoms with van der Waals surface area (Å²) in [6.45, 7) is 0. The Bertz CT molecular complexity index is 423. The summed E-state index contributed by atoms with van der Waals surface area (Å²) in [6, 6.07) is 5.00. The van der Waals surface area contributed by atoms with Crippen molar-refractivity contribution in [3.8, 4) is 0 Å². The third kappa shape index (κ3) is 4.93. The molecular formula is C6H5FN2O4S. The van der Waals surface area contributed by atoms with E-state index in [2.05, 4.69) is 0 Å². The molecule has 0 bridgehead atoms. The van der Waals surface area contributed by atoms with Crippen LogP contribution in [0.2, 0.25) is 0 Å². The van der Waals surface area contributed by atoms with E-state index in [0.29, 0.717) is 0 Å². The van der Waals surface area contributed by atoms with Crippen LogP contribution >= 0.6 is 0 Å². The first-order valence-corrected chi connectivity index (χ1v) is 4.22. The Kier molecular flexibility index (Phi) is 5.00. The molecule has 14 heavy (non-hydrogen) atoms. The lowest BCUT2D eigenvalue weighted by molar-refractivity contribution is -0.387. The number of hydrogen-bond donors (Lipinski definition) is 1. The Balaban J connectivity index is 0.000000364. The molecule has 0 saturated carbocycles. The van der Waals surface area contributed by atoms with Gasteiger partial charge in [0.1, 0.15) is 0 Å². The number of benzene rings is 1. The zero-order chi connectivity index (χ0) is 11.1. The van der Waals surface area contributed by atoms with Gasteiger partial charge in [-0.05, 0) is 6.07 Å². The second-order valence-electron chi connectivity index (χ2n) is 1.94. The lowest BCUT2D eigenvalue weighted by atomic mass is 10.3. The number of nitrogens with one attached hydrogen (secondary N) is 1. The van der Waals surface area contributed by atoms with Gasteiger partial charge >= 0.3 is 16.2 Å². The minimum Gasteiger partial charge on any atom is -0.258 e. The van der Waals surface area contributed by atoms with Crippen LogP contribution in [0.25, 0.3) is 0 Å². The number of nitro benzene ring substituents is 1. The average Bonchev–Trinajstić information content (AvgIpc) is 2.03. The van der Waals surface area contributed by atoms with Gasteiger partial charge in [-0.15, -0.1) is 0 Å². The van der Waals surface area contributed by atoms with Gasteiger partial charge in [0.2, 0.25) is 5.82 Å². The second kappa shape index (κ2) is 5.75. The number of halogens is 1. The third-order valence-electron chi connectivity index (χ3n) is 1.05. The molecule has 0 aliphatic rings. The molecule has 0 heterocycles. The van der Waals surface area contributed by atoms with Crippen molar-refractivity contribution < 1.29 is 17.7 Å². The highest BCUT2D eigenvalue weighted by Crippen LogP contribution is 2.14. The van der Waals surface area contributed by atoms with Crippen LogP contribution in [0.1, 0.15) is 0 Å². The largest absolute Gasteiger partial charge is 0.308 e. The van der Waals surface area contributed by atoms with Crippen LogP contribution in [-0.4, -0.2) is 13.3 Å². The smallest absolute Gasteiger partial charge is 0.258 e. The molecule has 1 N–H and O–H groups in total. The van der Waals surface area contributed by atoms with Crippen molar-refractivity contribution in [2.75, 3.05) is 0 Å². The molecule has 0 amide bonds. The van der Waals surface area contributed by atoms with E-state index in [-0.39, 0.29) is 0 Å². The van der Waals surface area contributed by atoms with Crippen molar-refractivity contribution in [2.24, 2.45) is 0 Å². The third-order valence-corrected chi connectivity index (χ3v) is 1.05. The van der Waals surface area contributed by atoms with Gasteiger partial charge in [-0.25, -0.2) is 0 Å². The number of hydrogen-bond acceptors (Lipinski definition) is 5. The molecule has 8 heteroatoms. The summed E-state index contributed by atoms with van der Waals surface area (Å²) in [5.41, 5.74) is -0.484. The predicted octanol–water partition coefficient (Wildman–Crippen LogP) is 1.36. The first-order valence-electron chi connectivity index (χ1n) is 3.14. The second-order valence-corrected chi connectivity index (χ2v) is 2.41. The van der Waals surface area contributed by atoms with Gasteiger partial charge < -0.3 is 0 Å². The molecule has 0 aliphatic carbocycles. The van der Waals surface area contributed by atoms with Gasteiger partial charge in [-0.1, -0.05) is 12.1 Å². The topological polar surface area (TPSA) is 101 Å². The number of nitro groups is 1. The molecule has 6 nitrogen and oxygen atoms in total. The van der Waals surface area contributed by atoms with Crippen molar-refractivity contribution in [1.29, 1.82) is 4.78 Å². The van der Waals surface area contributed by atoms with Crippen LogP contribution in [0.5, 0.6) is 0 Å². The molecular weight excluding hydrogens is 215 g/mol. The predicted molar refractivity (Wildman–Crippen MR) is 44.7 cm³/mol. The molecule has 1 aromatic rings. The number of para-hydroxylation sites is 1. The van der Waals surface area contributed by atoms with Crippen molar-refractivity contribution in [2.45, 2.75) is 0 Å². The Morgan fingerprint density at radius 3 is 2.07 bits per heavy atom. The first kappa shape index (κ1) is 12.2. The summed E-state index contributed by atoms with van der Waals surface area (Å²) in [7, 11) is -2.61. The van der Waals surface area contributed by atoms with E-state index in [9.17, 15) is 14.5 Å². The van der Waals surface area contributed by atoms with Gasteiger partial charge in [-0.3, -0.25) is 10.1 Å². The summed E-state index contributed by atoms with van der Waals surface area (Å²) >= 11 is 0. The van der Waals surface area contributed by atoms with Crippen molar-refractivity contribution in [3.63, 3.8) is 0 Å². The Labute approximate surface area is 79.6 Å². The molecule has 0 atom stereocenters. The summed E-state index contributed by atoms with van der Waals surface area (Å²) in [5.74, 6) is -0.799. The molecule has 0 saturated heterocycles. The van der Waals surface area contributed by atoms with E-state index in [1.807, 2.05) is 0 Å². The summed E-state index contributed by atoms with van der Waals surface area (Å²) < 4.78 is 35.2. The fraction of sp³-hybridized carbons (Fsp3) is 0. The van der Waals surface area contributed by atoms with Gasteiger partial charge in [0, 0.05) is 6.07 Å². The fourth-order valence-corrected chi connectivity index (χ4v) is 0.600. The van der Waals surface area contributed by atoms with Crippen molar-refractivity contribution in [3.05, 3.63) is 40.2 Å². The molecule has 0 radical (unpaired) electrons. The molecule has 1 aromatic carbocycles. The fourth-order valence-electron chi connectivity index (χ4n) is 0.600. The van der Waals surface area contributed by atoms with E-state index in [4.69, 9.17) is 13.2 Å². The van der Waals surface area contributed by atoms with Crippen molar-refractivity contribution >= 4 is 16.2 Å². The van der Waals surface area contributed by atoms with Gasteiger partial charge in [-0.2, -0.15) is 17.6 Å². The molecule has 1 rings (SSSR count). The highest BCUT2D eigenvalue weighted by molar-refractivity contribution is 7.60. The SMILES string of the molecule is N=S(=O)=O.O=[N+]([O-])c1ccccc1F. The van der Waals surface area contributed by atoms with E-state index < -0.39 is 26.9 Å². The van der Waals surface area contributed by atoms with Gasteiger partial charge in [0.25, 0.3) is 0 Å². The minimum atomic E-state index is -2.61. The minimum absolute atomic E-state index is 0.484. The molecule has 0 unspecified atom stereocenters. The maximum absolute atomic E-state index is 12.4. The lowest BCUT2D eigenvalue weighted by Gasteiger charge is -1.89. The maximum Gasteiger partial charge on any atom is 0.308 e. The van der Waals surface area contributed by atoms with Crippen LogP contribution in [0.15, 0.2) is 24.3 Å². The van der Waals surface area contributed by atoms with Crippen LogP contribution in [0.3, 0.4) is 0 Å². The van der Waals surface area contributed by atoms with Crippen LogP contribution in [0, 0.1) is 20.7 Å². The molecule has 0 spiro atoms. The van der Waals surface area contributed by atoms with E-state index >= 15 is 0 Å². The lowest BCUT2D eigenvalue weighted by Crippen LogP contribution is -1.90. The summed E-state index contributed by atoms with van der Waals surface area (Å²) in [5, 5.41) is 9.99. The van der Waals surface area contributed by atoms with Gasteiger partial charge in [0.05, 0.1) is 4.92 Å². The van der Waals surface area contributed by atoms with Crippen LogP contribution < -0.4 is 0 Å². The molecule has 76 valence electrons. The number of rotatable bonds is 1. The molecule has 0 aliphatic heterocycles. The van der Waals surface area contributed by atoms with E-state index in [1.165, 1.54) is 12.1 Å². The zero-order valence-electron chi connectivity index (χ0n) is 6.68. The zero-order valence-corrected chi connectivity index (χ0v) is 7.49. The molecule has 0 aromatic heterocycles. The maximum atomic E-state index is 12.4. The normalized spacial score (nSPS) is 8.36. The Morgan fingerprint density at radius 1 is 1.36 bits per heavy atom. The van der Waals surface area contributed by atoms with Crippen LogP contribution in [-0.2, 0) is 10.5 Å². The average molecular weight is 220 g/mol. The summed E-state index contributed by atoms with van der Waals surface area (Å²) in [4.78, 5) is 9.23. The van der Waals surface area contributed by atoms with Crippen molar-refractivity contribution in [1.82, 2.24) is 0 Å². The first-order chi connectivity index (χ1) is 6.45. The summed E-state index contributed by atoms with van der Waals surface area (Å²) in [6.07, 6.45) is 0. The number of nitrogens with zero attached hydrogens (tertiary/aromatic N) is 1. The monoisotopic (exact) mass is 220 g/mol.